The van der Waals surface area contributed by atoms with E-state index in [1.165, 1.54) is 19.2 Å². The van der Waals surface area contributed by atoms with E-state index >= 15 is 0 Å². The van der Waals surface area contributed by atoms with Gasteiger partial charge in [0.05, 0.1) is 13.2 Å². The first-order chi connectivity index (χ1) is 14.1. The minimum Gasteiger partial charge on any atom is -0.497 e. The van der Waals surface area contributed by atoms with Gasteiger partial charge in [0, 0.05) is 12.6 Å². The van der Waals surface area contributed by atoms with Crippen LogP contribution >= 0.6 is 0 Å². The number of benzene rings is 1. The molecule has 0 radical (unpaired) electrons. The van der Waals surface area contributed by atoms with Crippen LogP contribution in [0.25, 0.3) is 0 Å². The zero-order valence-corrected chi connectivity index (χ0v) is 17.6. The Hall–Kier alpha value is -2.88. The highest BCUT2D eigenvalue weighted by Crippen LogP contribution is 2.16. The molecule has 3 unspecified atom stereocenters. The number of rotatable bonds is 11. The standard InChI is InChI=1S/C20H30FN3O6/c1-5-15(23-18(26)16(6-11(2)3)24-20(28)29)17(25)19(27)22-10-12-7-13(21)9-14(8-12)30-4/h7-9,11,15-17,24-25H,5-6,10H2,1-4H3,(H,22,27)(H,23,26)(H,28,29). The third kappa shape index (κ3) is 8.24. The zero-order chi connectivity index (χ0) is 22.8. The molecule has 1 rings (SSSR count). The number of carbonyl (C=O) groups is 3. The molecule has 0 heterocycles. The first-order valence-electron chi connectivity index (χ1n) is 9.66. The van der Waals surface area contributed by atoms with Crippen LogP contribution in [0.1, 0.15) is 39.2 Å². The van der Waals surface area contributed by atoms with Crippen LogP contribution in [0, 0.1) is 11.7 Å². The van der Waals surface area contributed by atoms with Crippen molar-refractivity contribution in [2.24, 2.45) is 5.92 Å². The van der Waals surface area contributed by atoms with Crippen molar-refractivity contribution >= 4 is 17.9 Å². The van der Waals surface area contributed by atoms with Gasteiger partial charge in [0.15, 0.2) is 6.10 Å². The second kappa shape index (κ2) is 12.0. The lowest BCUT2D eigenvalue weighted by Gasteiger charge is -2.25. The molecule has 0 aromatic heterocycles. The van der Waals surface area contributed by atoms with Crippen molar-refractivity contribution in [2.45, 2.75) is 58.3 Å². The minimum absolute atomic E-state index is 0.0455. The van der Waals surface area contributed by atoms with Crippen LogP contribution in [0.5, 0.6) is 5.75 Å². The van der Waals surface area contributed by atoms with Gasteiger partial charge in [-0.3, -0.25) is 9.59 Å². The van der Waals surface area contributed by atoms with E-state index in [-0.39, 0.29) is 25.3 Å². The van der Waals surface area contributed by atoms with E-state index in [0.29, 0.717) is 11.3 Å². The maximum absolute atomic E-state index is 13.5. The number of methoxy groups -OCH3 is 1. The van der Waals surface area contributed by atoms with Crippen molar-refractivity contribution in [3.05, 3.63) is 29.6 Å². The molecule has 5 N–H and O–H groups in total. The van der Waals surface area contributed by atoms with Gasteiger partial charge >= 0.3 is 6.09 Å². The van der Waals surface area contributed by atoms with Gasteiger partial charge in [-0.2, -0.15) is 0 Å². The summed E-state index contributed by atoms with van der Waals surface area (Å²) >= 11 is 0. The fourth-order valence-corrected chi connectivity index (χ4v) is 2.86. The van der Waals surface area contributed by atoms with Gasteiger partial charge in [-0.05, 0) is 36.5 Å². The van der Waals surface area contributed by atoms with E-state index in [2.05, 4.69) is 16.0 Å². The van der Waals surface area contributed by atoms with Gasteiger partial charge in [0.2, 0.25) is 5.91 Å². The van der Waals surface area contributed by atoms with Gasteiger partial charge < -0.3 is 30.9 Å². The minimum atomic E-state index is -1.57. The highest BCUT2D eigenvalue weighted by atomic mass is 19.1. The largest absolute Gasteiger partial charge is 0.497 e. The quantitative estimate of drug-likeness (QED) is 0.362. The summed E-state index contributed by atoms with van der Waals surface area (Å²) in [5, 5.41) is 26.4. The van der Waals surface area contributed by atoms with E-state index in [0.717, 1.165) is 0 Å². The Labute approximate surface area is 175 Å². The molecule has 0 saturated heterocycles. The molecular weight excluding hydrogens is 397 g/mol. The molecule has 168 valence electrons. The van der Waals surface area contributed by atoms with Gasteiger partial charge in [-0.15, -0.1) is 0 Å². The maximum atomic E-state index is 13.5. The van der Waals surface area contributed by atoms with Gasteiger partial charge in [0.1, 0.15) is 17.6 Å². The van der Waals surface area contributed by atoms with E-state index < -0.39 is 41.9 Å². The van der Waals surface area contributed by atoms with Crippen LogP contribution in [0.3, 0.4) is 0 Å². The van der Waals surface area contributed by atoms with Crippen molar-refractivity contribution in [1.82, 2.24) is 16.0 Å². The van der Waals surface area contributed by atoms with Crippen LogP contribution in [0.2, 0.25) is 0 Å². The zero-order valence-electron chi connectivity index (χ0n) is 17.6. The molecule has 0 saturated carbocycles. The van der Waals surface area contributed by atoms with Crippen LogP contribution < -0.4 is 20.7 Å². The van der Waals surface area contributed by atoms with Crippen molar-refractivity contribution in [3.8, 4) is 5.75 Å². The normalized spacial score (nSPS) is 13.8. The molecule has 0 aliphatic rings. The smallest absolute Gasteiger partial charge is 0.405 e. The molecule has 0 aliphatic heterocycles. The van der Waals surface area contributed by atoms with Crippen LogP contribution in [0.15, 0.2) is 18.2 Å². The fourth-order valence-electron chi connectivity index (χ4n) is 2.86. The van der Waals surface area contributed by atoms with Crippen LogP contribution in [0.4, 0.5) is 9.18 Å². The summed E-state index contributed by atoms with van der Waals surface area (Å²) in [7, 11) is 1.39. The second-order valence-electron chi connectivity index (χ2n) is 7.32. The highest BCUT2D eigenvalue weighted by molar-refractivity contribution is 5.87. The van der Waals surface area contributed by atoms with Crippen molar-refractivity contribution < 1.29 is 33.7 Å². The van der Waals surface area contributed by atoms with Crippen molar-refractivity contribution in [3.63, 3.8) is 0 Å². The van der Waals surface area contributed by atoms with E-state index in [1.54, 1.807) is 13.0 Å². The monoisotopic (exact) mass is 427 g/mol. The number of carboxylic acid groups (broad SMARTS) is 1. The lowest BCUT2D eigenvalue weighted by Crippen LogP contribution is -2.55. The first-order valence-corrected chi connectivity index (χ1v) is 9.66. The molecule has 10 heteroatoms. The van der Waals surface area contributed by atoms with Gasteiger partial charge in [-0.25, -0.2) is 9.18 Å². The molecule has 0 bridgehead atoms. The molecule has 1 aromatic rings. The highest BCUT2D eigenvalue weighted by Gasteiger charge is 2.29. The average molecular weight is 427 g/mol. The third-order valence-electron chi connectivity index (χ3n) is 4.37. The molecule has 0 fully saturated rings. The summed E-state index contributed by atoms with van der Waals surface area (Å²) < 4.78 is 18.5. The predicted octanol–water partition coefficient (Wildman–Crippen LogP) is 1.39. The molecule has 30 heavy (non-hydrogen) atoms. The van der Waals surface area contributed by atoms with Gasteiger partial charge in [0.25, 0.3) is 5.91 Å². The SMILES string of the molecule is CCC(NC(=O)C(CC(C)C)NC(=O)O)C(O)C(=O)NCc1cc(F)cc(OC)c1. The molecule has 0 spiro atoms. The summed E-state index contributed by atoms with van der Waals surface area (Å²) in [5.74, 6) is -1.57. The molecule has 1 aromatic carbocycles. The summed E-state index contributed by atoms with van der Waals surface area (Å²) in [6.45, 7) is 5.29. The number of aliphatic hydroxyl groups is 1. The number of hydrogen-bond acceptors (Lipinski definition) is 5. The number of ether oxygens (including phenoxy) is 1. The summed E-state index contributed by atoms with van der Waals surface area (Å²) in [6.07, 6.45) is -2.42. The number of aliphatic hydroxyl groups excluding tert-OH is 1. The third-order valence-corrected chi connectivity index (χ3v) is 4.37. The van der Waals surface area contributed by atoms with Crippen LogP contribution in [-0.2, 0) is 16.1 Å². The second-order valence-corrected chi connectivity index (χ2v) is 7.32. The molecule has 0 aliphatic carbocycles. The Morgan fingerprint density at radius 2 is 1.80 bits per heavy atom. The Morgan fingerprint density at radius 1 is 1.13 bits per heavy atom. The predicted molar refractivity (Wildman–Crippen MR) is 107 cm³/mol. The molecule has 3 atom stereocenters. The molecule has 9 nitrogen and oxygen atoms in total. The number of carbonyl (C=O) groups excluding carboxylic acids is 2. The maximum Gasteiger partial charge on any atom is 0.405 e. The van der Waals surface area contributed by atoms with E-state index in [1.807, 2.05) is 13.8 Å². The Bertz CT molecular complexity index is 743. The number of amides is 3. The number of hydrogen-bond donors (Lipinski definition) is 5. The molecular formula is C20H30FN3O6. The van der Waals surface area contributed by atoms with E-state index in [9.17, 15) is 23.9 Å². The molecule has 3 amide bonds. The Balaban J connectivity index is 2.74. The Morgan fingerprint density at radius 3 is 2.33 bits per heavy atom. The average Bonchev–Trinajstić information content (AvgIpc) is 2.67. The summed E-state index contributed by atoms with van der Waals surface area (Å²) in [4.78, 5) is 35.7. The lowest BCUT2D eigenvalue weighted by molar-refractivity contribution is -0.133. The number of halogens is 1. The topological polar surface area (TPSA) is 137 Å². The fraction of sp³-hybridized carbons (Fsp3) is 0.550. The Kier molecular flexibility index (Phi) is 10.0. The lowest BCUT2D eigenvalue weighted by atomic mass is 10.0. The summed E-state index contributed by atoms with van der Waals surface area (Å²) in [5.41, 5.74) is 0.437. The van der Waals surface area contributed by atoms with Gasteiger partial charge in [-0.1, -0.05) is 20.8 Å². The number of nitrogens with one attached hydrogen (secondary N) is 3. The van der Waals surface area contributed by atoms with E-state index in [4.69, 9.17) is 9.84 Å². The van der Waals surface area contributed by atoms with Crippen molar-refractivity contribution in [2.75, 3.05) is 7.11 Å². The van der Waals surface area contributed by atoms with Crippen LogP contribution in [-0.4, -0.2) is 53.4 Å². The first kappa shape index (κ1) is 25.2. The van der Waals surface area contributed by atoms with Crippen molar-refractivity contribution in [1.29, 1.82) is 0 Å². The summed E-state index contributed by atoms with van der Waals surface area (Å²) in [6, 6.07) is 2.03.